The molecule has 1 spiro atoms. The van der Waals surface area contributed by atoms with Gasteiger partial charge in [-0.3, -0.25) is 14.5 Å². The van der Waals surface area contributed by atoms with Gasteiger partial charge in [0.1, 0.15) is 5.60 Å². The molecular weight excluding hydrogens is 525 g/mol. The monoisotopic (exact) mass is 554 g/mol. The third-order valence-corrected chi connectivity index (χ3v) is 8.26. The summed E-state index contributed by atoms with van der Waals surface area (Å²) in [4.78, 5) is 27.5. The van der Waals surface area contributed by atoms with E-state index in [2.05, 4.69) is 10.00 Å². The van der Waals surface area contributed by atoms with Gasteiger partial charge in [-0.1, -0.05) is 6.07 Å². The lowest BCUT2D eigenvalue weighted by molar-refractivity contribution is -0.137. The van der Waals surface area contributed by atoms with Crippen molar-refractivity contribution in [2.75, 3.05) is 24.5 Å². The van der Waals surface area contributed by atoms with E-state index in [1.165, 1.54) is 23.1 Å². The summed E-state index contributed by atoms with van der Waals surface area (Å²) in [6.45, 7) is 2.61. The highest BCUT2D eigenvalue weighted by Crippen LogP contribution is 2.39. The minimum absolute atomic E-state index is 0.130. The lowest BCUT2D eigenvalue weighted by atomic mass is 9.90. The van der Waals surface area contributed by atoms with Crippen LogP contribution in [0.25, 0.3) is 11.1 Å². The molecule has 0 aliphatic carbocycles. The number of amides is 1. The number of fused-ring (bicyclic) bond motifs is 1. The number of carboxylic acid groups (broad SMARTS) is 1. The molecule has 3 aromatic rings. The predicted octanol–water partition coefficient (Wildman–Crippen LogP) is 5.59. The van der Waals surface area contributed by atoms with Crippen LogP contribution in [0.15, 0.2) is 48.7 Å². The molecule has 0 radical (unpaired) electrons. The van der Waals surface area contributed by atoms with Crippen LogP contribution in [0.5, 0.6) is 0 Å². The van der Waals surface area contributed by atoms with Crippen LogP contribution in [0, 0.1) is 0 Å². The first-order valence-electron chi connectivity index (χ1n) is 13.4. The molecule has 0 saturated carbocycles. The first kappa shape index (κ1) is 26.4. The Morgan fingerprint density at radius 1 is 1.02 bits per heavy atom. The lowest BCUT2D eigenvalue weighted by Gasteiger charge is -2.37. The summed E-state index contributed by atoms with van der Waals surface area (Å²) in [6.07, 6.45) is 0.849. The van der Waals surface area contributed by atoms with Gasteiger partial charge in [0.05, 0.1) is 23.9 Å². The molecule has 210 valence electrons. The molecular formula is C29H29F3N4O4. The molecule has 6 rings (SSSR count). The third-order valence-electron chi connectivity index (χ3n) is 8.26. The van der Waals surface area contributed by atoms with Crippen LogP contribution < -0.4 is 4.90 Å². The van der Waals surface area contributed by atoms with Crippen molar-refractivity contribution in [1.29, 1.82) is 0 Å². The molecule has 2 fully saturated rings. The van der Waals surface area contributed by atoms with Gasteiger partial charge in [0.2, 0.25) is 0 Å². The van der Waals surface area contributed by atoms with E-state index in [0.717, 1.165) is 48.7 Å². The second kappa shape index (κ2) is 9.96. The van der Waals surface area contributed by atoms with Crippen LogP contribution in [0.4, 0.5) is 23.7 Å². The summed E-state index contributed by atoms with van der Waals surface area (Å²) in [6, 6.07) is 10.0. The number of rotatable bonds is 5. The zero-order chi connectivity index (χ0) is 28.1. The number of anilines is 1. The fourth-order valence-electron chi connectivity index (χ4n) is 6.04. The van der Waals surface area contributed by atoms with Gasteiger partial charge in [-0.15, -0.1) is 0 Å². The summed E-state index contributed by atoms with van der Waals surface area (Å²) in [5.41, 5.74) is 2.68. The number of likely N-dealkylation sites (tertiary alicyclic amines) is 1. The highest BCUT2D eigenvalue weighted by molar-refractivity contribution is 5.92. The van der Waals surface area contributed by atoms with E-state index in [1.807, 2.05) is 4.68 Å². The first-order chi connectivity index (χ1) is 19.1. The summed E-state index contributed by atoms with van der Waals surface area (Å²) >= 11 is 0. The van der Waals surface area contributed by atoms with Gasteiger partial charge < -0.3 is 9.84 Å². The lowest BCUT2D eigenvalue weighted by Crippen LogP contribution is -2.46. The molecule has 0 bridgehead atoms. The first-order valence-corrected chi connectivity index (χ1v) is 13.4. The van der Waals surface area contributed by atoms with Crippen molar-refractivity contribution in [2.24, 2.45) is 0 Å². The maximum Gasteiger partial charge on any atom is 0.416 e. The highest BCUT2D eigenvalue weighted by atomic mass is 19.4. The van der Waals surface area contributed by atoms with Gasteiger partial charge in [-0.25, -0.2) is 9.59 Å². The predicted molar refractivity (Wildman–Crippen MR) is 140 cm³/mol. The minimum Gasteiger partial charge on any atom is -0.478 e. The van der Waals surface area contributed by atoms with Gasteiger partial charge in [-0.05, 0) is 66.8 Å². The summed E-state index contributed by atoms with van der Waals surface area (Å²) < 4.78 is 48.8. The average Bonchev–Trinajstić information content (AvgIpc) is 3.50. The molecule has 1 amide bonds. The zero-order valence-corrected chi connectivity index (χ0v) is 21.8. The normalized spacial score (nSPS) is 19.1. The van der Waals surface area contributed by atoms with E-state index in [1.54, 1.807) is 24.4 Å². The summed E-state index contributed by atoms with van der Waals surface area (Å²) in [5.74, 6) is -1.04. The Bertz CT molecular complexity index is 1440. The number of aromatic nitrogens is 2. The largest absolute Gasteiger partial charge is 0.478 e. The van der Waals surface area contributed by atoms with E-state index in [0.29, 0.717) is 50.3 Å². The Labute approximate surface area is 228 Å². The molecule has 8 nitrogen and oxygen atoms in total. The third kappa shape index (κ3) is 4.94. The number of benzene rings is 2. The summed E-state index contributed by atoms with van der Waals surface area (Å²) in [5, 5.41) is 13.6. The van der Waals surface area contributed by atoms with Gasteiger partial charge in [0, 0.05) is 56.0 Å². The SMILES string of the molecule is O=C(O)c1ccc(N2CC3(CCN(Cc4cc(C(F)(F)F)ccc4-c4cnn5c4CCCC5)CC3)OC2=O)cc1. The molecule has 1 aromatic heterocycles. The van der Waals surface area contributed by atoms with E-state index < -0.39 is 29.4 Å². The van der Waals surface area contributed by atoms with Gasteiger partial charge >= 0.3 is 18.2 Å². The second-order valence-electron chi connectivity index (χ2n) is 10.8. The number of carboxylic acids is 1. The van der Waals surface area contributed by atoms with Crippen molar-refractivity contribution in [3.63, 3.8) is 0 Å². The van der Waals surface area contributed by atoms with Crippen molar-refractivity contribution in [3.05, 3.63) is 71.0 Å². The Morgan fingerprint density at radius 2 is 1.77 bits per heavy atom. The minimum atomic E-state index is -4.44. The molecule has 0 unspecified atom stereocenters. The van der Waals surface area contributed by atoms with Crippen LogP contribution in [0.2, 0.25) is 0 Å². The van der Waals surface area contributed by atoms with E-state index >= 15 is 0 Å². The van der Waals surface area contributed by atoms with Crippen molar-refractivity contribution >= 4 is 17.7 Å². The number of carbonyl (C=O) groups is 2. The summed E-state index contributed by atoms with van der Waals surface area (Å²) in [7, 11) is 0. The maximum absolute atomic E-state index is 13.7. The highest BCUT2D eigenvalue weighted by Gasteiger charge is 2.47. The maximum atomic E-state index is 13.7. The molecule has 4 heterocycles. The quantitative estimate of drug-likeness (QED) is 0.442. The Morgan fingerprint density at radius 3 is 2.48 bits per heavy atom. The van der Waals surface area contributed by atoms with Crippen LogP contribution in [-0.2, 0) is 30.4 Å². The zero-order valence-electron chi connectivity index (χ0n) is 21.8. The van der Waals surface area contributed by atoms with Crippen molar-refractivity contribution < 1.29 is 32.6 Å². The van der Waals surface area contributed by atoms with E-state index in [4.69, 9.17) is 9.84 Å². The molecule has 11 heteroatoms. The topological polar surface area (TPSA) is 87.9 Å². The molecule has 1 N–H and O–H groups in total. The number of nitrogens with zero attached hydrogens (tertiary/aromatic N) is 4. The number of carbonyl (C=O) groups excluding carboxylic acids is 1. The molecule has 0 atom stereocenters. The Kier molecular flexibility index (Phi) is 6.56. The van der Waals surface area contributed by atoms with E-state index in [9.17, 15) is 22.8 Å². The van der Waals surface area contributed by atoms with Crippen LogP contribution in [0.1, 0.15) is 52.9 Å². The number of hydrogen-bond acceptors (Lipinski definition) is 5. The number of piperidine rings is 1. The smallest absolute Gasteiger partial charge is 0.416 e. The number of alkyl halides is 3. The molecule has 40 heavy (non-hydrogen) atoms. The second-order valence-corrected chi connectivity index (χ2v) is 10.8. The van der Waals surface area contributed by atoms with E-state index in [-0.39, 0.29) is 5.56 Å². The van der Waals surface area contributed by atoms with Crippen molar-refractivity contribution in [3.8, 4) is 11.1 Å². The number of hydrogen-bond donors (Lipinski definition) is 1. The van der Waals surface area contributed by atoms with Crippen LogP contribution in [-0.4, -0.2) is 57.1 Å². The molecule has 3 aliphatic heterocycles. The van der Waals surface area contributed by atoms with Crippen LogP contribution >= 0.6 is 0 Å². The molecule has 2 saturated heterocycles. The van der Waals surface area contributed by atoms with Gasteiger partial charge in [0.25, 0.3) is 0 Å². The average molecular weight is 555 g/mol. The molecule has 3 aliphatic rings. The fraction of sp³-hybridized carbons (Fsp3) is 0.414. The standard InChI is InChI=1S/C29H29F3N4O4/c30-29(31,32)21-6-9-23(24-16-33-36-12-2-1-3-25(24)36)20(15-21)17-34-13-10-28(11-14-34)18-35(27(39)40-28)22-7-4-19(5-8-22)26(37)38/h4-9,15-16H,1-3,10-14,17-18H2,(H,37,38). The van der Waals surface area contributed by atoms with Crippen LogP contribution in [0.3, 0.4) is 0 Å². The van der Waals surface area contributed by atoms with Gasteiger partial charge in [0.15, 0.2) is 0 Å². The van der Waals surface area contributed by atoms with Crippen molar-refractivity contribution in [2.45, 2.75) is 57.0 Å². The molecule has 2 aromatic carbocycles. The fourth-order valence-corrected chi connectivity index (χ4v) is 6.04. The number of aryl methyl sites for hydroxylation is 1. The Balaban J connectivity index is 1.19. The number of aromatic carboxylic acids is 1. The van der Waals surface area contributed by atoms with Crippen molar-refractivity contribution in [1.82, 2.24) is 14.7 Å². The Hall–Kier alpha value is -3.86. The number of ether oxygens (including phenoxy) is 1. The number of halogens is 3. The van der Waals surface area contributed by atoms with Gasteiger partial charge in [-0.2, -0.15) is 18.3 Å².